The number of anilines is 1. The maximum Gasteiger partial charge on any atom is 0.156 e. The molecule has 0 aliphatic heterocycles. The summed E-state index contributed by atoms with van der Waals surface area (Å²) in [5.41, 5.74) is 6.14. The molecular weight excluding hydrogens is 394 g/mol. The third-order valence-electron chi connectivity index (χ3n) is 9.35. The van der Waals surface area contributed by atoms with Crippen LogP contribution >= 0.6 is 0 Å². The second-order valence-corrected chi connectivity index (χ2v) is 11.0. The smallest absolute Gasteiger partial charge is 0.156 e. The van der Waals surface area contributed by atoms with Crippen LogP contribution in [0.25, 0.3) is 0 Å². The lowest BCUT2D eigenvalue weighted by molar-refractivity contribution is -0.114. The maximum absolute atomic E-state index is 12.2. The maximum atomic E-state index is 12.2. The summed E-state index contributed by atoms with van der Waals surface area (Å²) in [6.07, 6.45) is 11.1. The van der Waals surface area contributed by atoms with Gasteiger partial charge in [0.1, 0.15) is 0 Å². The zero-order valence-electron chi connectivity index (χ0n) is 19.9. The van der Waals surface area contributed by atoms with Gasteiger partial charge in [-0.2, -0.15) is 0 Å². The van der Waals surface area contributed by atoms with Gasteiger partial charge in [-0.3, -0.25) is 4.79 Å². The summed E-state index contributed by atoms with van der Waals surface area (Å²) in [7, 11) is 4.15. The van der Waals surface area contributed by atoms with Crippen LogP contribution in [-0.2, 0) is 4.79 Å². The van der Waals surface area contributed by atoms with Crippen molar-refractivity contribution in [2.75, 3.05) is 19.0 Å². The molecule has 0 amide bonds. The van der Waals surface area contributed by atoms with Crippen LogP contribution in [0, 0.1) is 17.3 Å². The van der Waals surface area contributed by atoms with Gasteiger partial charge in [0.15, 0.2) is 5.78 Å². The summed E-state index contributed by atoms with van der Waals surface area (Å²) in [6.45, 7) is 6.32. The zero-order chi connectivity index (χ0) is 22.7. The second-order valence-electron chi connectivity index (χ2n) is 11.0. The molecule has 32 heavy (non-hydrogen) atoms. The molecule has 3 heteroatoms. The molecule has 5 atom stereocenters. The van der Waals surface area contributed by atoms with Crippen LogP contribution in [0.4, 0.5) is 5.69 Å². The summed E-state index contributed by atoms with van der Waals surface area (Å²) in [6, 6.07) is 9.03. The molecule has 1 aromatic carbocycles. The third kappa shape index (κ3) is 3.15. The fraction of sp³-hybridized carbons (Fsp3) is 0.552. The minimum Gasteiger partial charge on any atom is -0.389 e. The van der Waals surface area contributed by atoms with Gasteiger partial charge in [0.05, 0.1) is 5.60 Å². The highest BCUT2D eigenvalue weighted by molar-refractivity contribution is 5.93. The summed E-state index contributed by atoms with van der Waals surface area (Å²) in [5.74, 6) is 1.60. The Labute approximate surface area is 192 Å². The number of fused-ring (bicyclic) bond motifs is 4. The van der Waals surface area contributed by atoms with Gasteiger partial charge in [0.2, 0.25) is 0 Å². The van der Waals surface area contributed by atoms with Gasteiger partial charge in [-0.05, 0) is 91.7 Å². The zero-order valence-corrected chi connectivity index (χ0v) is 19.9. The van der Waals surface area contributed by atoms with E-state index in [9.17, 15) is 9.90 Å². The Morgan fingerprint density at radius 1 is 1.16 bits per heavy atom. The lowest BCUT2D eigenvalue weighted by atomic mass is 9.51. The van der Waals surface area contributed by atoms with Crippen LogP contribution in [-0.4, -0.2) is 30.6 Å². The van der Waals surface area contributed by atoms with Crippen LogP contribution in [0.5, 0.6) is 0 Å². The molecule has 2 saturated carbocycles. The molecule has 3 nitrogen and oxygen atoms in total. The molecule has 0 aromatic heterocycles. The summed E-state index contributed by atoms with van der Waals surface area (Å²) in [5, 5.41) is 11.8. The quantitative estimate of drug-likeness (QED) is 0.598. The molecule has 4 aliphatic carbocycles. The second kappa shape index (κ2) is 7.73. The Morgan fingerprint density at radius 2 is 1.91 bits per heavy atom. The normalized spacial score (nSPS) is 36.2. The Kier molecular flexibility index (Phi) is 5.24. The van der Waals surface area contributed by atoms with Gasteiger partial charge in [-0.25, -0.2) is 0 Å². The number of ketones is 1. The topological polar surface area (TPSA) is 40.5 Å². The van der Waals surface area contributed by atoms with Crippen molar-refractivity contribution in [3.8, 4) is 0 Å². The van der Waals surface area contributed by atoms with Gasteiger partial charge in [0.25, 0.3) is 0 Å². The van der Waals surface area contributed by atoms with E-state index in [-0.39, 0.29) is 11.2 Å². The number of hydrogen-bond donors (Lipinski definition) is 1. The van der Waals surface area contributed by atoms with E-state index in [1.807, 2.05) is 12.2 Å². The van der Waals surface area contributed by atoms with Crippen LogP contribution < -0.4 is 4.90 Å². The lowest BCUT2D eigenvalue weighted by Gasteiger charge is -2.55. The highest BCUT2D eigenvalue weighted by atomic mass is 16.3. The number of nitrogens with zero attached hydrogens (tertiary/aromatic N) is 1. The van der Waals surface area contributed by atoms with Gasteiger partial charge in [0, 0.05) is 37.5 Å². The van der Waals surface area contributed by atoms with Crippen molar-refractivity contribution >= 4 is 11.5 Å². The molecule has 170 valence electrons. The number of hydrogen-bond acceptors (Lipinski definition) is 3. The van der Waals surface area contributed by atoms with Crippen molar-refractivity contribution in [2.24, 2.45) is 17.3 Å². The van der Waals surface area contributed by atoms with Crippen molar-refractivity contribution < 1.29 is 9.90 Å². The van der Waals surface area contributed by atoms with E-state index in [2.05, 4.69) is 56.8 Å². The average Bonchev–Trinajstić information content (AvgIpc) is 3.03. The monoisotopic (exact) mass is 431 g/mol. The molecule has 0 saturated heterocycles. The third-order valence-corrected chi connectivity index (χ3v) is 9.35. The van der Waals surface area contributed by atoms with Gasteiger partial charge in [-0.15, -0.1) is 6.58 Å². The molecule has 0 unspecified atom stereocenters. The van der Waals surface area contributed by atoms with Gasteiger partial charge < -0.3 is 10.0 Å². The summed E-state index contributed by atoms with van der Waals surface area (Å²) < 4.78 is 0. The molecule has 0 heterocycles. The molecule has 1 aromatic rings. The first kappa shape index (κ1) is 21.7. The number of allylic oxidation sites excluding steroid dienone is 4. The van der Waals surface area contributed by atoms with Crippen LogP contribution in [0.3, 0.4) is 0 Å². The van der Waals surface area contributed by atoms with Crippen molar-refractivity contribution in [3.63, 3.8) is 0 Å². The first-order chi connectivity index (χ1) is 15.3. The number of benzene rings is 1. The lowest BCUT2D eigenvalue weighted by Crippen LogP contribution is -2.51. The Balaban J connectivity index is 1.65. The molecule has 0 radical (unpaired) electrons. The van der Waals surface area contributed by atoms with Crippen molar-refractivity contribution in [1.82, 2.24) is 0 Å². The number of aliphatic hydroxyl groups is 1. The van der Waals surface area contributed by atoms with E-state index >= 15 is 0 Å². The van der Waals surface area contributed by atoms with E-state index in [1.54, 1.807) is 5.57 Å². The Morgan fingerprint density at radius 3 is 2.59 bits per heavy atom. The number of rotatable bonds is 4. The van der Waals surface area contributed by atoms with E-state index in [1.165, 1.54) is 22.4 Å². The molecule has 0 bridgehead atoms. The number of carbonyl (C=O) groups excluding carboxylic acids is 1. The summed E-state index contributed by atoms with van der Waals surface area (Å²) >= 11 is 0. The number of carbonyl (C=O) groups is 1. The molecule has 4 aliphatic rings. The van der Waals surface area contributed by atoms with Crippen LogP contribution in [0.2, 0.25) is 0 Å². The minimum atomic E-state index is -0.671. The fourth-order valence-corrected chi connectivity index (χ4v) is 7.63. The van der Waals surface area contributed by atoms with E-state index < -0.39 is 5.60 Å². The minimum absolute atomic E-state index is 0.119. The standard InChI is InChI=1S/C29H37NO2/c1-5-15-29(32)16-14-26-24-12-8-20-17-22(31)11-13-23(20)27(24)25(18-28(26,29)2)19-6-9-21(10-7-19)30(3)4/h5-7,9-10,17,24-26,32H,1,8,11-16,18H2,2-4H3/t24-,25+,26-,28-,29-/m0/s1. The van der Waals surface area contributed by atoms with Crippen molar-refractivity contribution in [1.29, 1.82) is 0 Å². The fourth-order valence-electron chi connectivity index (χ4n) is 7.63. The van der Waals surface area contributed by atoms with Crippen LogP contribution in [0.1, 0.15) is 69.8 Å². The highest BCUT2D eigenvalue weighted by Gasteiger charge is 2.62. The molecule has 1 N–H and O–H groups in total. The molecule has 0 spiro atoms. The largest absolute Gasteiger partial charge is 0.389 e. The van der Waals surface area contributed by atoms with Crippen LogP contribution in [0.15, 0.2) is 59.7 Å². The average molecular weight is 432 g/mol. The Hall–Kier alpha value is -2.13. The Bertz CT molecular complexity index is 1000. The first-order valence-electron chi connectivity index (χ1n) is 12.3. The molecule has 2 fully saturated rings. The molecule has 5 rings (SSSR count). The predicted molar refractivity (Wildman–Crippen MR) is 131 cm³/mol. The van der Waals surface area contributed by atoms with E-state index in [0.29, 0.717) is 30.6 Å². The van der Waals surface area contributed by atoms with Crippen molar-refractivity contribution in [3.05, 3.63) is 65.3 Å². The van der Waals surface area contributed by atoms with Gasteiger partial charge in [-0.1, -0.05) is 30.7 Å². The summed E-state index contributed by atoms with van der Waals surface area (Å²) in [4.78, 5) is 14.3. The SMILES string of the molecule is C=CC[C@]1(O)CC[C@H]2[C@@H]3CCC4=CC(=O)CCC4=C3[C@@H](c3ccc(N(C)C)cc3)C[C@@]21C. The van der Waals surface area contributed by atoms with E-state index in [4.69, 9.17) is 0 Å². The predicted octanol–water partition coefficient (Wildman–Crippen LogP) is 5.96. The van der Waals surface area contributed by atoms with Gasteiger partial charge >= 0.3 is 0 Å². The molecular formula is C29H37NO2. The van der Waals surface area contributed by atoms with Crippen molar-refractivity contribution in [2.45, 2.75) is 69.8 Å². The van der Waals surface area contributed by atoms with E-state index in [0.717, 1.165) is 38.5 Å². The first-order valence-corrected chi connectivity index (χ1v) is 12.3. The highest BCUT2D eigenvalue weighted by Crippen LogP contribution is 2.67.